The number of allylic oxidation sites excluding steroid dienone is 1. The molecule has 0 aliphatic heterocycles. The van der Waals surface area contributed by atoms with Crippen LogP contribution in [0.1, 0.15) is 5.56 Å². The summed E-state index contributed by atoms with van der Waals surface area (Å²) >= 11 is 0. The van der Waals surface area contributed by atoms with Gasteiger partial charge in [-0.15, -0.1) is 0 Å². The third-order valence-electron chi connectivity index (χ3n) is 1.99. The topological polar surface area (TPSA) is 64.7 Å². The van der Waals surface area contributed by atoms with E-state index in [-0.39, 0.29) is 11.5 Å². The number of carbonyl (C=O) groups excluding carboxylic acids is 1. The van der Waals surface area contributed by atoms with Crippen LogP contribution in [0.5, 0.6) is 5.75 Å². The number of rotatable bonds is 5. The first-order valence-electron chi connectivity index (χ1n) is 4.94. The Kier molecular flexibility index (Phi) is 4.22. The number of ether oxygens (including phenoxy) is 1. The number of primary amides is 1. The Labute approximate surface area is 100 Å². The lowest BCUT2D eigenvalue weighted by Crippen LogP contribution is -2.12. The minimum atomic E-state index is -0.673. The number of benzene rings is 1. The number of hydrogen-bond donors (Lipinski definition) is 1. The predicted molar refractivity (Wildman–Crippen MR) is 67.8 cm³/mol. The van der Waals surface area contributed by atoms with Crippen molar-refractivity contribution in [2.45, 2.75) is 6.92 Å². The van der Waals surface area contributed by atoms with E-state index in [4.69, 9.17) is 10.5 Å². The first kappa shape index (κ1) is 12.7. The molecule has 88 valence electrons. The van der Waals surface area contributed by atoms with E-state index in [0.717, 1.165) is 5.56 Å². The fraction of sp³-hybridized carbons (Fsp3) is 0.0769. The Morgan fingerprint density at radius 3 is 2.47 bits per heavy atom. The van der Waals surface area contributed by atoms with E-state index < -0.39 is 5.91 Å². The fourth-order valence-corrected chi connectivity index (χ4v) is 1.13. The highest BCUT2D eigenvalue weighted by Gasteiger charge is 2.03. The van der Waals surface area contributed by atoms with Crippen LogP contribution in [-0.2, 0) is 4.79 Å². The maximum atomic E-state index is 10.9. The molecule has 1 aromatic carbocycles. The molecule has 0 heterocycles. The van der Waals surface area contributed by atoms with Gasteiger partial charge >= 0.3 is 0 Å². The van der Waals surface area contributed by atoms with Crippen LogP contribution in [0.2, 0.25) is 0 Å². The van der Waals surface area contributed by atoms with E-state index in [2.05, 4.69) is 18.3 Å². The molecule has 0 atom stereocenters. The molecule has 0 aromatic heterocycles. The molecule has 17 heavy (non-hydrogen) atoms. The number of nitrogens with zero attached hydrogens (tertiary/aromatic N) is 1. The van der Waals surface area contributed by atoms with Crippen molar-refractivity contribution in [2.24, 2.45) is 10.7 Å². The van der Waals surface area contributed by atoms with Crippen molar-refractivity contribution in [3.63, 3.8) is 0 Å². The van der Waals surface area contributed by atoms with Gasteiger partial charge in [-0.05, 0) is 25.8 Å². The molecular weight excluding hydrogens is 216 g/mol. The van der Waals surface area contributed by atoms with Crippen LogP contribution in [0.15, 0.2) is 53.4 Å². The second-order valence-electron chi connectivity index (χ2n) is 3.43. The van der Waals surface area contributed by atoms with E-state index in [1.54, 1.807) is 12.1 Å². The highest BCUT2D eigenvalue weighted by atomic mass is 16.5. The third kappa shape index (κ3) is 3.95. The molecule has 0 bridgehead atoms. The number of aliphatic imine (C=N–C) groups is 1. The second kappa shape index (κ2) is 5.65. The monoisotopic (exact) mass is 230 g/mol. The van der Waals surface area contributed by atoms with Crippen LogP contribution >= 0.6 is 0 Å². The molecule has 0 spiro atoms. The van der Waals surface area contributed by atoms with E-state index in [0.29, 0.717) is 5.75 Å². The van der Waals surface area contributed by atoms with Gasteiger partial charge in [0.05, 0.1) is 0 Å². The molecule has 1 rings (SSSR count). The lowest BCUT2D eigenvalue weighted by molar-refractivity contribution is -0.114. The molecule has 0 radical (unpaired) electrons. The minimum Gasteiger partial charge on any atom is -0.458 e. The number of aryl methyl sites for hydroxylation is 1. The van der Waals surface area contributed by atoms with Crippen molar-refractivity contribution in [3.05, 3.63) is 53.9 Å². The maximum Gasteiger partial charge on any atom is 0.267 e. The normalized spacial score (nSPS) is 10.8. The average molecular weight is 230 g/mol. The van der Waals surface area contributed by atoms with Gasteiger partial charge in [0.2, 0.25) is 0 Å². The predicted octanol–water partition coefficient (Wildman–Crippen LogP) is 1.96. The van der Waals surface area contributed by atoms with E-state index in [1.807, 2.05) is 19.1 Å². The average Bonchev–Trinajstić information content (AvgIpc) is 2.28. The fourth-order valence-electron chi connectivity index (χ4n) is 1.13. The Bertz CT molecular complexity index is 473. The van der Waals surface area contributed by atoms with Gasteiger partial charge in [-0.25, -0.2) is 0 Å². The molecule has 4 nitrogen and oxygen atoms in total. The lowest BCUT2D eigenvalue weighted by Gasteiger charge is -2.05. The van der Waals surface area contributed by atoms with Crippen molar-refractivity contribution >= 4 is 12.6 Å². The Morgan fingerprint density at radius 1 is 1.41 bits per heavy atom. The highest BCUT2D eigenvalue weighted by Crippen LogP contribution is 2.15. The summed E-state index contributed by atoms with van der Waals surface area (Å²) < 4.78 is 5.39. The summed E-state index contributed by atoms with van der Waals surface area (Å²) in [5, 5.41) is 0. The molecule has 0 fully saturated rings. The summed E-state index contributed by atoms with van der Waals surface area (Å²) in [4.78, 5) is 14.4. The highest BCUT2D eigenvalue weighted by molar-refractivity contribution is 5.92. The summed E-state index contributed by atoms with van der Waals surface area (Å²) in [5.41, 5.74) is 6.22. The quantitative estimate of drug-likeness (QED) is 0.363. The van der Waals surface area contributed by atoms with Crippen molar-refractivity contribution in [1.82, 2.24) is 0 Å². The summed E-state index contributed by atoms with van der Waals surface area (Å²) in [5.74, 6) is 0.230. The molecule has 1 aromatic rings. The first-order chi connectivity index (χ1) is 8.02. The number of nitrogens with two attached hydrogens (primary N) is 1. The van der Waals surface area contributed by atoms with Gasteiger partial charge in [0.25, 0.3) is 5.91 Å². The molecule has 0 unspecified atom stereocenters. The number of carbonyl (C=O) groups is 1. The Hall–Kier alpha value is -2.36. The maximum absolute atomic E-state index is 10.9. The van der Waals surface area contributed by atoms with Crippen molar-refractivity contribution < 1.29 is 9.53 Å². The van der Waals surface area contributed by atoms with E-state index in [1.165, 1.54) is 6.08 Å². The van der Waals surface area contributed by atoms with Crippen LogP contribution in [0, 0.1) is 6.92 Å². The van der Waals surface area contributed by atoms with Gasteiger partial charge in [-0.1, -0.05) is 24.3 Å². The molecular formula is C13H14N2O2. The SMILES string of the molecule is C=N/C(=C\C(=C)Oc1ccc(C)cc1)C(N)=O. The first-order valence-corrected chi connectivity index (χ1v) is 4.94. The van der Waals surface area contributed by atoms with Crippen molar-refractivity contribution in [2.75, 3.05) is 0 Å². The Morgan fingerprint density at radius 2 is 2.00 bits per heavy atom. The molecule has 0 saturated carbocycles. The minimum absolute atomic E-state index is 0.0158. The van der Waals surface area contributed by atoms with Gasteiger partial charge in [0.1, 0.15) is 17.2 Å². The smallest absolute Gasteiger partial charge is 0.267 e. The zero-order valence-electron chi connectivity index (χ0n) is 9.64. The molecule has 0 aliphatic rings. The van der Waals surface area contributed by atoms with Gasteiger partial charge in [0.15, 0.2) is 0 Å². The van der Waals surface area contributed by atoms with Gasteiger partial charge in [0, 0.05) is 6.08 Å². The van der Waals surface area contributed by atoms with Crippen LogP contribution < -0.4 is 10.5 Å². The van der Waals surface area contributed by atoms with Crippen molar-refractivity contribution in [3.8, 4) is 5.75 Å². The van der Waals surface area contributed by atoms with Gasteiger partial charge < -0.3 is 10.5 Å². The van der Waals surface area contributed by atoms with Crippen molar-refractivity contribution in [1.29, 1.82) is 0 Å². The molecule has 1 amide bonds. The number of amides is 1. The van der Waals surface area contributed by atoms with E-state index >= 15 is 0 Å². The molecule has 0 aliphatic carbocycles. The summed E-state index contributed by atoms with van der Waals surface area (Å²) in [7, 11) is 0. The lowest BCUT2D eigenvalue weighted by atomic mass is 10.2. The Balaban J connectivity index is 2.76. The summed E-state index contributed by atoms with van der Waals surface area (Å²) in [6.07, 6.45) is 1.34. The third-order valence-corrected chi connectivity index (χ3v) is 1.99. The van der Waals surface area contributed by atoms with E-state index in [9.17, 15) is 4.79 Å². The molecule has 0 saturated heterocycles. The zero-order chi connectivity index (χ0) is 12.8. The summed E-state index contributed by atoms with van der Waals surface area (Å²) in [6.45, 7) is 8.86. The van der Waals surface area contributed by atoms with Gasteiger partial charge in [-0.2, -0.15) is 0 Å². The largest absolute Gasteiger partial charge is 0.458 e. The van der Waals surface area contributed by atoms with Crippen LogP contribution in [0.25, 0.3) is 0 Å². The van der Waals surface area contributed by atoms with Crippen LogP contribution in [0.4, 0.5) is 0 Å². The second-order valence-corrected chi connectivity index (χ2v) is 3.43. The molecule has 4 heteroatoms. The summed E-state index contributed by atoms with van der Waals surface area (Å²) in [6, 6.07) is 7.43. The van der Waals surface area contributed by atoms with Gasteiger partial charge in [-0.3, -0.25) is 9.79 Å². The zero-order valence-corrected chi connectivity index (χ0v) is 9.64. The van der Waals surface area contributed by atoms with Crippen LogP contribution in [0.3, 0.4) is 0 Å². The molecule has 2 N–H and O–H groups in total. The standard InChI is InChI=1S/C13H14N2O2/c1-9-4-6-11(7-5-9)17-10(2)8-12(15-3)13(14)16/h4-8H,2-3H2,1H3,(H2,14,16)/b12-8-. The number of hydrogen-bond acceptors (Lipinski definition) is 3. The van der Waals surface area contributed by atoms with Crippen LogP contribution in [-0.4, -0.2) is 12.6 Å².